The lowest BCUT2D eigenvalue weighted by Crippen LogP contribution is -2.22. The molecule has 0 saturated carbocycles. The quantitative estimate of drug-likeness (QED) is 0.172. The molecule has 0 radical (unpaired) electrons. The highest BCUT2D eigenvalue weighted by atomic mass is 79.9. The van der Waals surface area contributed by atoms with E-state index < -0.39 is 0 Å². The van der Waals surface area contributed by atoms with Crippen molar-refractivity contribution in [3.05, 3.63) is 96.4 Å². The summed E-state index contributed by atoms with van der Waals surface area (Å²) in [4.78, 5) is 18.1. The van der Waals surface area contributed by atoms with Crippen LogP contribution in [-0.4, -0.2) is 22.5 Å². The summed E-state index contributed by atoms with van der Waals surface area (Å²) in [6.07, 6.45) is 4.21. The van der Waals surface area contributed by atoms with E-state index in [1.165, 1.54) is 10.2 Å². The van der Waals surface area contributed by atoms with Gasteiger partial charge in [0.25, 0.3) is 5.56 Å². The van der Waals surface area contributed by atoms with Crippen molar-refractivity contribution in [3.8, 4) is 11.5 Å². The minimum Gasteiger partial charge on any atom is -0.490 e. The van der Waals surface area contributed by atoms with E-state index in [9.17, 15) is 4.79 Å². The average molecular weight is 627 g/mol. The van der Waals surface area contributed by atoms with Gasteiger partial charge in [-0.05, 0) is 72.1 Å². The standard InChI is InChI=1S/C29H29Br2N3O3/c1-4-6-10-28-33-25-12-11-22(30)15-23(25)29(35)34(28)32-17-21-14-26(36-5-2)27(16-24(21)31)37-18-20-9-7-8-19(3)13-20/h7-9,11-17H,4-6,10,18H2,1-3H3. The summed E-state index contributed by atoms with van der Waals surface area (Å²) in [6, 6.07) is 17.5. The zero-order valence-electron chi connectivity index (χ0n) is 21.1. The third kappa shape index (κ3) is 6.67. The lowest BCUT2D eigenvalue weighted by Gasteiger charge is -2.14. The van der Waals surface area contributed by atoms with Crippen molar-refractivity contribution in [1.29, 1.82) is 0 Å². The van der Waals surface area contributed by atoms with Crippen LogP contribution in [-0.2, 0) is 13.0 Å². The molecule has 4 aromatic rings. The van der Waals surface area contributed by atoms with Crippen LogP contribution in [0.25, 0.3) is 10.9 Å². The van der Waals surface area contributed by atoms with Crippen LogP contribution in [0.15, 0.2) is 73.4 Å². The number of aromatic nitrogens is 2. The second kappa shape index (κ2) is 12.5. The topological polar surface area (TPSA) is 65.7 Å². The van der Waals surface area contributed by atoms with Gasteiger partial charge in [0.1, 0.15) is 12.4 Å². The number of halogens is 2. The normalized spacial score (nSPS) is 11.4. The van der Waals surface area contributed by atoms with Gasteiger partial charge in [0.15, 0.2) is 11.5 Å². The predicted octanol–water partition coefficient (Wildman–Crippen LogP) is 7.43. The van der Waals surface area contributed by atoms with Gasteiger partial charge in [0.05, 0.1) is 23.7 Å². The van der Waals surface area contributed by atoms with Crippen LogP contribution in [0.1, 0.15) is 49.2 Å². The molecule has 0 saturated heterocycles. The molecule has 1 aromatic heterocycles. The first-order chi connectivity index (χ1) is 17.9. The number of ether oxygens (including phenoxy) is 2. The van der Waals surface area contributed by atoms with Gasteiger partial charge in [-0.15, -0.1) is 0 Å². The number of aryl methyl sites for hydroxylation is 2. The van der Waals surface area contributed by atoms with Gasteiger partial charge in [0, 0.05) is 20.9 Å². The van der Waals surface area contributed by atoms with Crippen LogP contribution >= 0.6 is 31.9 Å². The van der Waals surface area contributed by atoms with E-state index in [1.54, 1.807) is 12.3 Å². The van der Waals surface area contributed by atoms with Gasteiger partial charge in [0.2, 0.25) is 0 Å². The number of rotatable bonds is 10. The molecule has 4 rings (SSSR count). The smallest absolute Gasteiger partial charge is 0.282 e. The molecule has 6 nitrogen and oxygen atoms in total. The molecular formula is C29H29Br2N3O3. The number of unbranched alkanes of at least 4 members (excludes halogenated alkanes) is 1. The van der Waals surface area contributed by atoms with Gasteiger partial charge in [-0.2, -0.15) is 9.78 Å². The number of fused-ring (bicyclic) bond motifs is 1. The molecule has 3 aromatic carbocycles. The lowest BCUT2D eigenvalue weighted by atomic mass is 10.1. The number of nitrogens with zero attached hydrogens (tertiary/aromatic N) is 3. The number of hydrogen-bond acceptors (Lipinski definition) is 5. The molecular weight excluding hydrogens is 598 g/mol. The molecule has 0 atom stereocenters. The molecule has 0 aliphatic heterocycles. The summed E-state index contributed by atoms with van der Waals surface area (Å²) in [5, 5.41) is 5.09. The molecule has 37 heavy (non-hydrogen) atoms. The molecule has 0 spiro atoms. The summed E-state index contributed by atoms with van der Waals surface area (Å²) in [5.74, 6) is 1.88. The fraction of sp³-hybridized carbons (Fsp3) is 0.276. The Kier molecular flexibility index (Phi) is 9.16. The fourth-order valence-corrected chi connectivity index (χ4v) is 4.71. The summed E-state index contributed by atoms with van der Waals surface area (Å²) in [5.41, 5.74) is 3.49. The second-order valence-corrected chi connectivity index (χ2v) is 10.5. The zero-order chi connectivity index (χ0) is 26.4. The second-order valence-electron chi connectivity index (χ2n) is 8.69. The summed E-state index contributed by atoms with van der Waals surface area (Å²) < 4.78 is 15.0. The molecule has 0 aliphatic carbocycles. The van der Waals surface area contributed by atoms with Crippen LogP contribution in [0.5, 0.6) is 11.5 Å². The summed E-state index contributed by atoms with van der Waals surface area (Å²) in [6.45, 7) is 7.01. The maximum atomic E-state index is 13.4. The van der Waals surface area contributed by atoms with Gasteiger partial charge in [-0.1, -0.05) is 59.1 Å². The van der Waals surface area contributed by atoms with Crippen LogP contribution in [0.3, 0.4) is 0 Å². The van der Waals surface area contributed by atoms with Crippen LogP contribution < -0.4 is 15.0 Å². The average Bonchev–Trinajstić information content (AvgIpc) is 2.88. The van der Waals surface area contributed by atoms with E-state index in [-0.39, 0.29) is 5.56 Å². The zero-order valence-corrected chi connectivity index (χ0v) is 24.3. The van der Waals surface area contributed by atoms with Gasteiger partial charge >= 0.3 is 0 Å². The van der Waals surface area contributed by atoms with E-state index in [0.717, 1.165) is 32.9 Å². The van der Waals surface area contributed by atoms with Crippen LogP contribution in [0.2, 0.25) is 0 Å². The summed E-state index contributed by atoms with van der Waals surface area (Å²) in [7, 11) is 0. The highest BCUT2D eigenvalue weighted by Crippen LogP contribution is 2.34. The minimum absolute atomic E-state index is 0.201. The maximum absolute atomic E-state index is 13.4. The first-order valence-electron chi connectivity index (χ1n) is 12.3. The molecule has 0 N–H and O–H groups in total. The molecule has 0 aliphatic rings. The molecule has 0 amide bonds. The van der Waals surface area contributed by atoms with Crippen molar-refractivity contribution < 1.29 is 9.47 Å². The minimum atomic E-state index is -0.201. The lowest BCUT2D eigenvalue weighted by molar-refractivity contribution is 0.269. The number of hydrogen-bond donors (Lipinski definition) is 0. The van der Waals surface area contributed by atoms with Crippen molar-refractivity contribution in [3.63, 3.8) is 0 Å². The van der Waals surface area contributed by atoms with E-state index in [0.29, 0.717) is 47.9 Å². The Bertz CT molecular complexity index is 1500. The van der Waals surface area contributed by atoms with E-state index in [1.807, 2.05) is 43.3 Å². The fourth-order valence-electron chi connectivity index (χ4n) is 3.92. The van der Waals surface area contributed by atoms with Crippen molar-refractivity contribution in [2.24, 2.45) is 5.10 Å². The highest BCUT2D eigenvalue weighted by molar-refractivity contribution is 9.10. The Balaban J connectivity index is 1.69. The SMILES string of the molecule is CCCCc1nc2ccc(Br)cc2c(=O)n1N=Cc1cc(OCC)c(OCc2cccc(C)c2)cc1Br. The Morgan fingerprint density at radius 3 is 2.59 bits per heavy atom. The van der Waals surface area contributed by atoms with Crippen molar-refractivity contribution >= 4 is 49.0 Å². The summed E-state index contributed by atoms with van der Waals surface area (Å²) >= 11 is 7.09. The van der Waals surface area contributed by atoms with Crippen molar-refractivity contribution in [2.75, 3.05) is 6.61 Å². The highest BCUT2D eigenvalue weighted by Gasteiger charge is 2.13. The van der Waals surface area contributed by atoms with Crippen LogP contribution in [0.4, 0.5) is 0 Å². The Morgan fingerprint density at radius 2 is 1.84 bits per heavy atom. The number of benzene rings is 3. The third-order valence-electron chi connectivity index (χ3n) is 5.78. The van der Waals surface area contributed by atoms with Crippen molar-refractivity contribution in [2.45, 2.75) is 46.6 Å². The first kappa shape index (κ1) is 27.1. The van der Waals surface area contributed by atoms with Crippen molar-refractivity contribution in [1.82, 2.24) is 9.66 Å². The largest absolute Gasteiger partial charge is 0.490 e. The predicted molar refractivity (Wildman–Crippen MR) is 156 cm³/mol. The van der Waals surface area contributed by atoms with Gasteiger partial charge in [-0.3, -0.25) is 4.79 Å². The molecule has 0 fully saturated rings. The van der Waals surface area contributed by atoms with E-state index in [2.05, 4.69) is 62.9 Å². The third-order valence-corrected chi connectivity index (χ3v) is 6.96. The van der Waals surface area contributed by atoms with Crippen LogP contribution in [0, 0.1) is 6.92 Å². The molecule has 0 bridgehead atoms. The molecule has 1 heterocycles. The Hall–Kier alpha value is -2.97. The maximum Gasteiger partial charge on any atom is 0.282 e. The first-order valence-corrected chi connectivity index (χ1v) is 13.9. The van der Waals surface area contributed by atoms with Gasteiger partial charge < -0.3 is 9.47 Å². The van der Waals surface area contributed by atoms with E-state index >= 15 is 0 Å². The monoisotopic (exact) mass is 625 g/mol. The molecule has 192 valence electrons. The molecule has 8 heteroatoms. The molecule has 0 unspecified atom stereocenters. The Morgan fingerprint density at radius 1 is 1.03 bits per heavy atom. The van der Waals surface area contributed by atoms with Gasteiger partial charge in [-0.25, -0.2) is 4.98 Å². The Labute approximate surface area is 233 Å². The van der Waals surface area contributed by atoms with E-state index in [4.69, 9.17) is 14.5 Å².